The van der Waals surface area contributed by atoms with Gasteiger partial charge in [-0.1, -0.05) is 18.5 Å². The van der Waals surface area contributed by atoms with E-state index in [-0.39, 0.29) is 23.0 Å². The van der Waals surface area contributed by atoms with Crippen molar-refractivity contribution in [1.29, 1.82) is 0 Å². The number of carbonyl (C=O) groups excluding carboxylic acids is 1. The molecule has 0 aliphatic carbocycles. The summed E-state index contributed by atoms with van der Waals surface area (Å²) in [6.45, 7) is 3.70. The molecular formula is C12H17ClN2O2S. The molecule has 0 saturated carbocycles. The third-order valence-corrected chi connectivity index (χ3v) is 3.81. The highest BCUT2D eigenvalue weighted by Gasteiger charge is 2.17. The molecule has 4 nitrogen and oxygen atoms in total. The largest absolute Gasteiger partial charge is 0.397 e. The molecule has 0 heterocycles. The van der Waals surface area contributed by atoms with Gasteiger partial charge in [0.1, 0.15) is 0 Å². The Balaban J connectivity index is 2.64. The molecule has 1 aromatic rings. The van der Waals surface area contributed by atoms with Crippen molar-refractivity contribution in [2.45, 2.75) is 24.3 Å². The molecule has 0 aliphatic rings. The Morgan fingerprint density at radius 3 is 2.78 bits per heavy atom. The number of rotatable bonds is 5. The molecule has 100 valence electrons. The lowest BCUT2D eigenvalue weighted by molar-refractivity contribution is -0.115. The Kier molecular flexibility index (Phi) is 5.78. The Morgan fingerprint density at radius 1 is 1.56 bits per heavy atom. The van der Waals surface area contributed by atoms with Crippen LogP contribution in [0.5, 0.6) is 0 Å². The van der Waals surface area contributed by atoms with E-state index in [0.717, 1.165) is 0 Å². The fourth-order valence-corrected chi connectivity index (χ4v) is 2.48. The first kappa shape index (κ1) is 15.1. The van der Waals surface area contributed by atoms with Crippen molar-refractivity contribution >= 4 is 40.6 Å². The molecule has 0 fully saturated rings. The molecule has 0 spiro atoms. The summed E-state index contributed by atoms with van der Waals surface area (Å²) in [4.78, 5) is 11.9. The number of aliphatic hydroxyl groups is 1. The van der Waals surface area contributed by atoms with Crippen LogP contribution in [0.15, 0.2) is 18.2 Å². The van der Waals surface area contributed by atoms with Gasteiger partial charge in [0, 0.05) is 10.3 Å². The zero-order valence-corrected chi connectivity index (χ0v) is 11.9. The van der Waals surface area contributed by atoms with Crippen LogP contribution in [-0.2, 0) is 4.79 Å². The fraction of sp³-hybridized carbons (Fsp3) is 0.417. The normalized spacial score (nSPS) is 14.0. The summed E-state index contributed by atoms with van der Waals surface area (Å²) in [5.41, 5.74) is 6.73. The standard InChI is InChI=1S/C12H17ClN2O2S/c1-7(6-16)18-8(2)12(17)15-11-4-3-9(13)5-10(11)14/h3-5,7-8,16H,6,14H2,1-2H3,(H,15,17). The van der Waals surface area contributed by atoms with Crippen LogP contribution in [0.1, 0.15) is 13.8 Å². The van der Waals surface area contributed by atoms with Crippen molar-refractivity contribution < 1.29 is 9.90 Å². The number of halogens is 1. The van der Waals surface area contributed by atoms with Gasteiger partial charge in [0.15, 0.2) is 0 Å². The quantitative estimate of drug-likeness (QED) is 0.727. The summed E-state index contributed by atoms with van der Waals surface area (Å²) >= 11 is 7.19. The minimum Gasteiger partial charge on any atom is -0.397 e. The number of thioether (sulfide) groups is 1. The zero-order chi connectivity index (χ0) is 13.7. The van der Waals surface area contributed by atoms with Crippen LogP contribution >= 0.6 is 23.4 Å². The van der Waals surface area contributed by atoms with E-state index in [1.165, 1.54) is 11.8 Å². The first-order valence-electron chi connectivity index (χ1n) is 5.56. The van der Waals surface area contributed by atoms with E-state index in [4.69, 9.17) is 22.4 Å². The van der Waals surface area contributed by atoms with E-state index in [0.29, 0.717) is 16.4 Å². The molecule has 18 heavy (non-hydrogen) atoms. The van der Waals surface area contributed by atoms with Gasteiger partial charge in [-0.3, -0.25) is 4.79 Å². The van der Waals surface area contributed by atoms with Gasteiger partial charge in [0.25, 0.3) is 0 Å². The third kappa shape index (κ3) is 4.40. The summed E-state index contributed by atoms with van der Waals surface area (Å²) in [7, 11) is 0. The summed E-state index contributed by atoms with van der Waals surface area (Å²) in [6.07, 6.45) is 0. The first-order valence-corrected chi connectivity index (χ1v) is 6.88. The SMILES string of the molecule is CC(CO)SC(C)C(=O)Nc1ccc(Cl)cc1N. The van der Waals surface area contributed by atoms with Gasteiger partial charge in [0.2, 0.25) is 5.91 Å². The molecule has 2 atom stereocenters. The number of nitrogens with two attached hydrogens (primary N) is 1. The van der Waals surface area contributed by atoms with Crippen molar-refractivity contribution in [1.82, 2.24) is 0 Å². The second-order valence-electron chi connectivity index (χ2n) is 3.99. The number of nitrogen functional groups attached to an aromatic ring is 1. The minimum absolute atomic E-state index is 0.0216. The maximum atomic E-state index is 11.9. The molecule has 1 rings (SSSR count). The number of benzene rings is 1. The van der Waals surface area contributed by atoms with Crippen LogP contribution in [0.4, 0.5) is 11.4 Å². The van der Waals surface area contributed by atoms with E-state index in [1.807, 2.05) is 6.92 Å². The summed E-state index contributed by atoms with van der Waals surface area (Å²) in [5.74, 6) is -0.144. The number of hydrogen-bond acceptors (Lipinski definition) is 4. The van der Waals surface area contributed by atoms with Crippen molar-refractivity contribution in [3.8, 4) is 0 Å². The lowest BCUT2D eigenvalue weighted by atomic mass is 10.2. The van der Waals surface area contributed by atoms with Gasteiger partial charge >= 0.3 is 0 Å². The molecular weight excluding hydrogens is 272 g/mol. The third-order valence-electron chi connectivity index (χ3n) is 2.33. The first-order chi connectivity index (χ1) is 8.43. The van der Waals surface area contributed by atoms with Crippen LogP contribution in [0, 0.1) is 0 Å². The molecule has 0 saturated heterocycles. The lowest BCUT2D eigenvalue weighted by Crippen LogP contribution is -2.25. The second-order valence-corrected chi connectivity index (χ2v) is 6.21. The predicted molar refractivity (Wildman–Crippen MR) is 78.1 cm³/mol. The Hall–Kier alpha value is -0.910. The van der Waals surface area contributed by atoms with Gasteiger partial charge in [-0.05, 0) is 25.1 Å². The van der Waals surface area contributed by atoms with Gasteiger partial charge in [0.05, 0.1) is 23.2 Å². The van der Waals surface area contributed by atoms with Crippen molar-refractivity contribution in [2.75, 3.05) is 17.7 Å². The monoisotopic (exact) mass is 288 g/mol. The number of hydrogen-bond donors (Lipinski definition) is 3. The molecule has 6 heteroatoms. The van der Waals surface area contributed by atoms with Gasteiger partial charge in [-0.25, -0.2) is 0 Å². The molecule has 1 aromatic carbocycles. The number of amides is 1. The highest BCUT2D eigenvalue weighted by atomic mass is 35.5. The molecule has 4 N–H and O–H groups in total. The van der Waals surface area contributed by atoms with E-state index in [9.17, 15) is 4.79 Å². The van der Waals surface area contributed by atoms with Crippen LogP contribution in [0.3, 0.4) is 0 Å². The number of aliphatic hydroxyl groups excluding tert-OH is 1. The molecule has 1 amide bonds. The zero-order valence-electron chi connectivity index (χ0n) is 10.3. The van der Waals surface area contributed by atoms with E-state index < -0.39 is 0 Å². The molecule has 0 aromatic heterocycles. The lowest BCUT2D eigenvalue weighted by Gasteiger charge is -2.16. The molecule has 0 aliphatic heterocycles. The maximum absolute atomic E-state index is 11.9. The Bertz CT molecular complexity index is 429. The van der Waals surface area contributed by atoms with Crippen LogP contribution < -0.4 is 11.1 Å². The van der Waals surface area contributed by atoms with Gasteiger partial charge in [-0.15, -0.1) is 11.8 Å². The van der Waals surface area contributed by atoms with Crippen LogP contribution in [-0.4, -0.2) is 28.1 Å². The molecule has 0 radical (unpaired) electrons. The minimum atomic E-state index is -0.262. The van der Waals surface area contributed by atoms with Crippen molar-refractivity contribution in [3.63, 3.8) is 0 Å². The molecule has 0 bridgehead atoms. The van der Waals surface area contributed by atoms with Crippen LogP contribution in [0.2, 0.25) is 5.02 Å². The summed E-state index contributed by atoms with van der Waals surface area (Å²) < 4.78 is 0. The average Bonchev–Trinajstić information content (AvgIpc) is 2.32. The van der Waals surface area contributed by atoms with E-state index in [1.54, 1.807) is 25.1 Å². The summed E-state index contributed by atoms with van der Waals surface area (Å²) in [5, 5.41) is 12.0. The van der Waals surface area contributed by atoms with Crippen molar-refractivity contribution in [2.24, 2.45) is 0 Å². The Morgan fingerprint density at radius 2 is 2.22 bits per heavy atom. The highest BCUT2D eigenvalue weighted by Crippen LogP contribution is 2.24. The van der Waals surface area contributed by atoms with Crippen LogP contribution in [0.25, 0.3) is 0 Å². The average molecular weight is 289 g/mol. The number of carbonyl (C=O) groups is 1. The number of nitrogens with one attached hydrogen (secondary N) is 1. The predicted octanol–water partition coefficient (Wildman–Crippen LogP) is 2.36. The number of anilines is 2. The van der Waals surface area contributed by atoms with E-state index >= 15 is 0 Å². The molecule has 2 unspecified atom stereocenters. The van der Waals surface area contributed by atoms with Gasteiger partial charge < -0.3 is 16.2 Å². The van der Waals surface area contributed by atoms with Gasteiger partial charge in [-0.2, -0.15) is 0 Å². The van der Waals surface area contributed by atoms with Crippen molar-refractivity contribution in [3.05, 3.63) is 23.2 Å². The maximum Gasteiger partial charge on any atom is 0.237 e. The summed E-state index contributed by atoms with van der Waals surface area (Å²) in [6, 6.07) is 4.93. The second kappa shape index (κ2) is 6.87. The highest BCUT2D eigenvalue weighted by molar-refractivity contribution is 8.01. The topological polar surface area (TPSA) is 75.3 Å². The Labute approximate surface area is 116 Å². The smallest absolute Gasteiger partial charge is 0.237 e. The fourth-order valence-electron chi connectivity index (χ4n) is 1.34. The van der Waals surface area contributed by atoms with E-state index in [2.05, 4.69) is 5.32 Å².